The Morgan fingerprint density at radius 3 is 1.00 bits per heavy atom. The molecule has 0 aliphatic heterocycles. The van der Waals surface area contributed by atoms with Gasteiger partial charge in [0.1, 0.15) is 40.8 Å². The van der Waals surface area contributed by atoms with Gasteiger partial charge in [0.25, 0.3) is 16.7 Å². The number of benzene rings is 6. The third kappa shape index (κ3) is 23.0. The molecule has 9 aromatic rings. The Balaban J connectivity index is 0.00000128. The molecule has 9 rings (SSSR count). The first-order valence-electron chi connectivity index (χ1n) is 25.3. The van der Waals surface area contributed by atoms with E-state index >= 15 is 0 Å². The first-order chi connectivity index (χ1) is 41.5. The third-order valence-electron chi connectivity index (χ3n) is 11.3. The normalized spacial score (nSPS) is 10.4. The fraction of sp³-hybridized carbons (Fsp3) is 0.154. The summed E-state index contributed by atoms with van der Waals surface area (Å²) in [5, 5.41) is 18.6. The van der Waals surface area contributed by atoms with Crippen molar-refractivity contribution in [2.24, 2.45) is 5.73 Å². The molecule has 3 heterocycles. The van der Waals surface area contributed by atoms with Gasteiger partial charge in [0.05, 0.1) is 16.7 Å². The van der Waals surface area contributed by atoms with Crippen LogP contribution < -0.4 is 36.6 Å². The van der Waals surface area contributed by atoms with Crippen LogP contribution in [-0.4, -0.2) is 49.8 Å². The van der Waals surface area contributed by atoms with Crippen LogP contribution in [0.2, 0.25) is 0 Å². The zero-order chi connectivity index (χ0) is 65.3. The number of rotatable bonds is 11. The van der Waals surface area contributed by atoms with Crippen LogP contribution in [0.4, 0.5) is 52.7 Å². The van der Waals surface area contributed by atoms with E-state index in [-0.39, 0.29) is 93.1 Å². The maximum absolute atomic E-state index is 13.2. The number of carboxylic acids is 1. The molecule has 1 amide bonds. The van der Waals surface area contributed by atoms with Gasteiger partial charge >= 0.3 is 25.1 Å². The van der Waals surface area contributed by atoms with Crippen molar-refractivity contribution in [1.29, 1.82) is 5.26 Å². The number of nitrogens with two attached hydrogens (primary N) is 1. The second kappa shape index (κ2) is 35.8. The van der Waals surface area contributed by atoms with Crippen LogP contribution in [0.25, 0.3) is 50.4 Å². The summed E-state index contributed by atoms with van der Waals surface area (Å²) in [6, 6.07) is 34.2. The summed E-state index contributed by atoms with van der Waals surface area (Å²) >= 11 is 0. The van der Waals surface area contributed by atoms with Gasteiger partial charge in [-0.15, -0.1) is 39.5 Å². The molecule has 0 fully saturated rings. The molecule has 3 N–H and O–H groups in total. The number of aromatic nitrogens is 3. The third-order valence-corrected chi connectivity index (χ3v) is 11.3. The summed E-state index contributed by atoms with van der Waals surface area (Å²) in [5.41, 5.74) is 6.01. The number of carboxylic acid groups (broad SMARTS) is 1. The number of hydrogen-bond acceptors (Lipinski definition) is 9. The molecule has 0 bridgehead atoms. The summed E-state index contributed by atoms with van der Waals surface area (Å²) < 4.78 is 171. The van der Waals surface area contributed by atoms with Gasteiger partial charge in [-0.25, -0.2) is 18.0 Å². The molecule has 92 heavy (non-hydrogen) atoms. The number of halogens is 12. The molecule has 27 heteroatoms. The first-order valence-corrected chi connectivity index (χ1v) is 24.6. The molecule has 0 aliphatic rings. The summed E-state index contributed by atoms with van der Waals surface area (Å²) in [7, 11) is 0. The Kier molecular flexibility index (Phi) is 31.0. The van der Waals surface area contributed by atoms with Crippen molar-refractivity contribution in [3.8, 4) is 73.8 Å². The molecule has 0 saturated carbocycles. The molecule has 0 spiro atoms. The number of amides is 1. The van der Waals surface area contributed by atoms with E-state index in [1.54, 1.807) is 13.8 Å². The monoisotopic (exact) mass is 1330 g/mol. The van der Waals surface area contributed by atoms with Crippen molar-refractivity contribution in [1.82, 2.24) is 13.7 Å². The van der Waals surface area contributed by atoms with E-state index < -0.39 is 82.3 Å². The summed E-state index contributed by atoms with van der Waals surface area (Å²) in [5.74, 6) is -5.00. The minimum absolute atomic E-state index is 0. The minimum atomic E-state index is -4.85. The van der Waals surface area contributed by atoms with E-state index in [0.29, 0.717) is 29.2 Å². The Morgan fingerprint density at radius 2 is 0.739 bits per heavy atom. The van der Waals surface area contributed by atoms with Crippen LogP contribution in [0.5, 0.6) is 17.2 Å². The van der Waals surface area contributed by atoms with E-state index in [2.05, 4.69) is 21.1 Å². The molecular weight excluding hydrogens is 1270 g/mol. The average Bonchev–Trinajstić information content (AvgIpc) is 0.869. The summed E-state index contributed by atoms with van der Waals surface area (Å²) in [4.78, 5) is 60.2. The van der Waals surface area contributed by atoms with Gasteiger partial charge in [-0.2, -0.15) is 12.2 Å². The van der Waals surface area contributed by atoms with Gasteiger partial charge < -0.3 is 32.0 Å². The number of aromatic carboxylic acids is 1. The predicted molar refractivity (Wildman–Crippen MR) is 322 cm³/mol. The van der Waals surface area contributed by atoms with Crippen molar-refractivity contribution < 1.29 is 102 Å². The van der Waals surface area contributed by atoms with Gasteiger partial charge in [0, 0.05) is 90.5 Å². The van der Waals surface area contributed by atoms with Gasteiger partial charge in [-0.1, -0.05) is 79.9 Å². The molecule has 14 nitrogen and oxygen atoms in total. The fourth-order valence-corrected chi connectivity index (χ4v) is 7.68. The average molecular weight is 1340 g/mol. The van der Waals surface area contributed by atoms with E-state index in [4.69, 9.17) is 7.10 Å². The van der Waals surface area contributed by atoms with Crippen LogP contribution in [-0.2, 0) is 18.6 Å². The number of nitriles is 1. The Bertz CT molecular complexity index is 3910. The zero-order valence-electron chi connectivity index (χ0n) is 46.3. The molecule has 489 valence electrons. The molecule has 6 aromatic carbocycles. The van der Waals surface area contributed by atoms with Crippen LogP contribution in [0.15, 0.2) is 197 Å². The number of carbonyl (C=O) groups is 2. The molecule has 1 radical (unpaired) electrons. The summed E-state index contributed by atoms with van der Waals surface area (Å²) in [6.45, 7) is 7.29. The van der Waals surface area contributed by atoms with Gasteiger partial charge in [-0.3, -0.25) is 32.9 Å². The second-order valence-electron chi connectivity index (χ2n) is 16.9. The Hall–Kier alpha value is -10.3. The number of pyridine rings is 3. The first kappa shape index (κ1) is 79.8. The molecule has 0 aliphatic carbocycles. The smallest absolute Gasteiger partial charge is 0.478 e. The van der Waals surface area contributed by atoms with Gasteiger partial charge in [-0.05, 0) is 126 Å². The van der Waals surface area contributed by atoms with Crippen molar-refractivity contribution in [2.45, 2.75) is 69.5 Å². The second-order valence-corrected chi connectivity index (χ2v) is 16.9. The van der Waals surface area contributed by atoms with E-state index in [9.17, 15) is 87.0 Å². The Morgan fingerprint density at radius 1 is 0.489 bits per heavy atom. The van der Waals surface area contributed by atoms with Crippen molar-refractivity contribution in [2.75, 3.05) is 0 Å². The largest absolute Gasteiger partial charge is 0.573 e. The molecular formula is C65H60F12N5O9V-. The maximum atomic E-state index is 13.2. The van der Waals surface area contributed by atoms with Crippen molar-refractivity contribution >= 4 is 11.9 Å². The topological polar surface area (TPSA) is 198 Å². The van der Waals surface area contributed by atoms with E-state index in [1.165, 1.54) is 120 Å². The standard InChI is InChI=1S/C19H12F4N2O3.C19H10F4N2O2.C19H11F4NO4.C2H6.C2H5.4CH4.V/c20-12-3-1-11(2-4-12)16-10-25(17(26)9-15(16)18(24)27)13-5-7-14(8-6-13)28-19(21,22)23;20-14-3-1-12(2-4-14)17-11-25(18(26)9-13(17)10-24)15-5-7-16(8-6-15)27-19(21,22)23;20-12-3-1-11(2-4-12)16-10-24(17(25)9-15(16)18(26)27)13-5-7-14(8-6-13)28-19(21,22)23;2*1-2;;;;;/h1-10H,(H2,24,27);1-9,11H;1-10H,(H,26,27);1-2H3;1H2,2H3;4*1H4;/q;;;;-1;;;;;/i;;;1D;;;;;;. The molecule has 0 saturated heterocycles. The van der Waals surface area contributed by atoms with Crippen LogP contribution in [0.1, 0.15) is 78.1 Å². The number of primary amides is 1. The minimum Gasteiger partial charge on any atom is -0.478 e. The number of ether oxygens (including phenoxy) is 3. The van der Waals surface area contributed by atoms with Crippen LogP contribution in [0, 0.1) is 35.7 Å². The zero-order valence-corrected chi connectivity index (χ0v) is 46.7. The van der Waals surface area contributed by atoms with Crippen molar-refractivity contribution in [3.05, 3.63) is 255 Å². The SMILES string of the molecule is C.C.C.C.N#Cc1cc(=O)n(-c2ccc(OC(F)(F)F)cc2)cc1-c1ccc(F)cc1.NC(=O)c1cc(=O)n(-c2ccc(OC(F)(F)F)cc2)cc1-c1ccc(F)cc1.O=C(O)c1cc(=O)n(-c2ccc(OC(F)(F)F)cc2)cc1-c1ccc(F)cc1.[2H]CC.[CH2-]C.[V]. The van der Waals surface area contributed by atoms with Crippen molar-refractivity contribution in [3.63, 3.8) is 0 Å². The number of alkyl halides is 9. The Labute approximate surface area is 533 Å². The van der Waals surface area contributed by atoms with E-state index in [1.807, 2.05) is 6.07 Å². The summed E-state index contributed by atoms with van der Waals surface area (Å²) in [6.07, 6.45) is -10.6. The van der Waals surface area contributed by atoms with Gasteiger partial charge in [0.2, 0.25) is 5.91 Å². The van der Waals surface area contributed by atoms with Crippen LogP contribution in [0.3, 0.4) is 0 Å². The maximum Gasteiger partial charge on any atom is 0.573 e. The predicted octanol–water partition coefficient (Wildman–Crippen LogP) is 16.7. The molecule has 0 atom stereocenters. The molecule has 3 aromatic heterocycles. The van der Waals surface area contributed by atoms with Crippen LogP contribution >= 0.6 is 0 Å². The quantitative estimate of drug-likeness (QED) is 0.0928. The number of carbonyl (C=O) groups excluding carboxylic acids is 1. The molecule has 0 unspecified atom stereocenters. The van der Waals surface area contributed by atoms with E-state index in [0.717, 1.165) is 75.9 Å². The number of hydrogen-bond donors (Lipinski definition) is 2. The number of nitrogens with zero attached hydrogens (tertiary/aromatic N) is 4. The van der Waals surface area contributed by atoms with Gasteiger partial charge in [0.15, 0.2) is 0 Å². The fourth-order valence-electron chi connectivity index (χ4n) is 7.68.